The topological polar surface area (TPSA) is 20.2 Å². The van der Waals surface area contributed by atoms with Gasteiger partial charge < -0.3 is 5.11 Å². The first-order valence-electron chi connectivity index (χ1n) is 5.84. The summed E-state index contributed by atoms with van der Waals surface area (Å²) in [6.45, 7) is 6.69. The van der Waals surface area contributed by atoms with Gasteiger partial charge in [-0.1, -0.05) is 52.9 Å². The van der Waals surface area contributed by atoms with Crippen LogP contribution in [0.2, 0.25) is 0 Å². The minimum absolute atomic E-state index is 0.0351. The van der Waals surface area contributed by atoms with Gasteiger partial charge in [0.05, 0.1) is 6.10 Å². The van der Waals surface area contributed by atoms with Crippen LogP contribution in [0, 0.1) is 5.92 Å². The third kappa shape index (κ3) is 9.88. The van der Waals surface area contributed by atoms with Gasteiger partial charge in [-0.2, -0.15) is 0 Å². The van der Waals surface area contributed by atoms with Crippen molar-refractivity contribution in [3.63, 3.8) is 0 Å². The Morgan fingerprint density at radius 1 is 0.923 bits per heavy atom. The lowest BCUT2D eigenvalue weighted by Crippen LogP contribution is -2.05. The summed E-state index contributed by atoms with van der Waals surface area (Å²) in [7, 11) is 0. The van der Waals surface area contributed by atoms with E-state index in [9.17, 15) is 5.11 Å². The lowest BCUT2D eigenvalue weighted by molar-refractivity contribution is 0.147. The Bertz CT molecular complexity index is 99.3. The van der Waals surface area contributed by atoms with Gasteiger partial charge in [-0.05, 0) is 18.8 Å². The van der Waals surface area contributed by atoms with Crippen molar-refractivity contribution < 1.29 is 5.11 Å². The highest BCUT2D eigenvalue weighted by atomic mass is 16.3. The minimum atomic E-state index is -0.0351. The van der Waals surface area contributed by atoms with Crippen molar-refractivity contribution in [2.75, 3.05) is 0 Å². The fourth-order valence-electron chi connectivity index (χ4n) is 1.52. The number of aliphatic hydroxyl groups is 1. The third-order valence-corrected chi connectivity index (χ3v) is 2.46. The Morgan fingerprint density at radius 3 is 2.00 bits per heavy atom. The van der Waals surface area contributed by atoms with E-state index in [-0.39, 0.29) is 6.10 Å². The SMILES string of the molecule is CCCC[C@@H](O)CCCCC(C)C. The number of unbranched alkanes of at least 4 members (excludes halogenated alkanes) is 2. The fraction of sp³-hybridized carbons (Fsp3) is 1.00. The molecule has 0 amide bonds. The monoisotopic (exact) mass is 186 g/mol. The molecule has 1 N–H and O–H groups in total. The van der Waals surface area contributed by atoms with E-state index < -0.39 is 0 Å². The fourth-order valence-corrected chi connectivity index (χ4v) is 1.52. The number of rotatable bonds is 8. The maximum absolute atomic E-state index is 9.55. The second-order valence-electron chi connectivity index (χ2n) is 4.47. The Balaban J connectivity index is 3.12. The molecule has 0 aromatic carbocycles. The second kappa shape index (κ2) is 8.55. The molecule has 0 aliphatic rings. The van der Waals surface area contributed by atoms with Crippen LogP contribution in [-0.4, -0.2) is 11.2 Å². The van der Waals surface area contributed by atoms with Crippen molar-refractivity contribution in [2.24, 2.45) is 5.92 Å². The van der Waals surface area contributed by atoms with Crippen LogP contribution in [0.15, 0.2) is 0 Å². The molecule has 1 heteroatoms. The first-order chi connectivity index (χ1) is 6.16. The molecule has 0 aromatic rings. The van der Waals surface area contributed by atoms with Gasteiger partial charge in [0.25, 0.3) is 0 Å². The molecule has 0 aromatic heterocycles. The van der Waals surface area contributed by atoms with Crippen LogP contribution in [0.4, 0.5) is 0 Å². The van der Waals surface area contributed by atoms with Crippen LogP contribution >= 0.6 is 0 Å². The predicted octanol–water partition coefficient (Wildman–Crippen LogP) is 3.75. The molecule has 0 radical (unpaired) electrons. The first kappa shape index (κ1) is 13.0. The smallest absolute Gasteiger partial charge is 0.0540 e. The number of aliphatic hydroxyl groups excluding tert-OH is 1. The molecule has 0 spiro atoms. The van der Waals surface area contributed by atoms with Crippen LogP contribution in [0.1, 0.15) is 65.7 Å². The molecule has 0 aliphatic carbocycles. The van der Waals surface area contributed by atoms with Gasteiger partial charge in [0.1, 0.15) is 0 Å². The van der Waals surface area contributed by atoms with Crippen LogP contribution in [0.25, 0.3) is 0 Å². The van der Waals surface area contributed by atoms with E-state index in [0.29, 0.717) is 0 Å². The van der Waals surface area contributed by atoms with Crippen molar-refractivity contribution in [1.82, 2.24) is 0 Å². The molecule has 0 bridgehead atoms. The van der Waals surface area contributed by atoms with Crippen molar-refractivity contribution in [2.45, 2.75) is 71.8 Å². The zero-order valence-corrected chi connectivity index (χ0v) is 9.55. The summed E-state index contributed by atoms with van der Waals surface area (Å²) in [5.41, 5.74) is 0. The molecule has 0 unspecified atom stereocenters. The Hall–Kier alpha value is -0.0400. The predicted molar refractivity (Wildman–Crippen MR) is 58.8 cm³/mol. The average Bonchev–Trinajstić information content (AvgIpc) is 2.08. The lowest BCUT2D eigenvalue weighted by Gasteiger charge is -2.10. The van der Waals surface area contributed by atoms with E-state index in [1.165, 1.54) is 32.1 Å². The van der Waals surface area contributed by atoms with Crippen LogP contribution in [0.5, 0.6) is 0 Å². The maximum atomic E-state index is 9.55. The summed E-state index contributed by atoms with van der Waals surface area (Å²) < 4.78 is 0. The normalized spacial score (nSPS) is 13.6. The standard InChI is InChI=1S/C12H26O/c1-4-5-9-12(13)10-7-6-8-11(2)3/h11-13H,4-10H2,1-3H3/t12-/m1/s1. The molecule has 1 nitrogen and oxygen atoms in total. The van der Waals surface area contributed by atoms with Gasteiger partial charge in [-0.15, -0.1) is 0 Å². The third-order valence-electron chi connectivity index (χ3n) is 2.46. The summed E-state index contributed by atoms with van der Waals surface area (Å²) >= 11 is 0. The Kier molecular flexibility index (Phi) is 8.53. The summed E-state index contributed by atoms with van der Waals surface area (Å²) in [5.74, 6) is 0.813. The van der Waals surface area contributed by atoms with E-state index in [4.69, 9.17) is 0 Å². The molecule has 0 saturated heterocycles. The lowest BCUT2D eigenvalue weighted by atomic mass is 10.0. The quantitative estimate of drug-likeness (QED) is 0.572. The molecule has 0 saturated carbocycles. The van der Waals surface area contributed by atoms with Crippen LogP contribution in [0.3, 0.4) is 0 Å². The maximum Gasteiger partial charge on any atom is 0.0540 e. The molecule has 0 rings (SSSR count). The first-order valence-corrected chi connectivity index (χ1v) is 5.84. The van der Waals surface area contributed by atoms with E-state index in [2.05, 4.69) is 20.8 Å². The van der Waals surface area contributed by atoms with Crippen molar-refractivity contribution in [3.8, 4) is 0 Å². The van der Waals surface area contributed by atoms with E-state index >= 15 is 0 Å². The zero-order chi connectivity index (χ0) is 10.1. The van der Waals surface area contributed by atoms with Crippen molar-refractivity contribution in [3.05, 3.63) is 0 Å². The second-order valence-corrected chi connectivity index (χ2v) is 4.47. The largest absolute Gasteiger partial charge is 0.393 e. The summed E-state index contributed by atoms with van der Waals surface area (Å²) in [5, 5.41) is 9.55. The molecular weight excluding hydrogens is 160 g/mol. The Morgan fingerprint density at radius 2 is 1.46 bits per heavy atom. The van der Waals surface area contributed by atoms with Crippen molar-refractivity contribution >= 4 is 0 Å². The van der Waals surface area contributed by atoms with Gasteiger partial charge in [0.2, 0.25) is 0 Å². The molecule has 1 atom stereocenters. The summed E-state index contributed by atoms with van der Waals surface area (Å²) in [4.78, 5) is 0. The molecule has 0 heterocycles. The van der Waals surface area contributed by atoms with Gasteiger partial charge in [0, 0.05) is 0 Å². The van der Waals surface area contributed by atoms with E-state index in [0.717, 1.165) is 18.8 Å². The van der Waals surface area contributed by atoms with Crippen LogP contribution in [-0.2, 0) is 0 Å². The van der Waals surface area contributed by atoms with Gasteiger partial charge >= 0.3 is 0 Å². The summed E-state index contributed by atoms with van der Waals surface area (Å²) in [6, 6.07) is 0. The van der Waals surface area contributed by atoms with Gasteiger partial charge in [-0.25, -0.2) is 0 Å². The van der Waals surface area contributed by atoms with Crippen molar-refractivity contribution in [1.29, 1.82) is 0 Å². The van der Waals surface area contributed by atoms with Gasteiger partial charge in [-0.3, -0.25) is 0 Å². The number of hydrogen-bond acceptors (Lipinski definition) is 1. The van der Waals surface area contributed by atoms with E-state index in [1.54, 1.807) is 0 Å². The summed E-state index contributed by atoms with van der Waals surface area (Å²) in [6.07, 6.45) is 8.12. The van der Waals surface area contributed by atoms with Gasteiger partial charge in [0.15, 0.2) is 0 Å². The molecular formula is C12H26O. The highest BCUT2D eigenvalue weighted by Gasteiger charge is 2.02. The molecule has 0 fully saturated rings. The Labute approximate surface area is 83.5 Å². The highest BCUT2D eigenvalue weighted by Crippen LogP contribution is 2.12. The molecule has 13 heavy (non-hydrogen) atoms. The average molecular weight is 186 g/mol. The highest BCUT2D eigenvalue weighted by molar-refractivity contribution is 4.56. The molecule has 0 aliphatic heterocycles. The minimum Gasteiger partial charge on any atom is -0.393 e. The van der Waals surface area contributed by atoms with E-state index in [1.807, 2.05) is 0 Å². The van der Waals surface area contributed by atoms with Crippen LogP contribution < -0.4 is 0 Å². The number of hydrogen-bond donors (Lipinski definition) is 1. The zero-order valence-electron chi connectivity index (χ0n) is 9.55. The molecule has 80 valence electrons.